The molecule has 0 saturated carbocycles. The van der Waals surface area contributed by atoms with E-state index in [0.717, 1.165) is 35.5 Å². The number of anilines is 5. The standard InChI is InChI=1S/C24H27N5O2/c1-4-6-13-31-21-12-8-11-20(15-21)28-24-25-16-17(3)23(29-24)27-19-10-7-9-18(14-19)26-22(30)5-2/h5,7-12,14-16H,2,4,6,13H2,1,3H3,(H,26,30)(H2,25,27,28,29). The molecule has 3 aromatic rings. The SMILES string of the molecule is C=CC(=O)Nc1cccc(Nc2nc(Nc3cccc(OCCCC)c3)ncc2C)c1. The summed E-state index contributed by atoms with van der Waals surface area (Å²) < 4.78 is 5.76. The maximum atomic E-state index is 11.5. The summed E-state index contributed by atoms with van der Waals surface area (Å²) in [7, 11) is 0. The molecule has 0 aliphatic carbocycles. The topological polar surface area (TPSA) is 88.2 Å². The van der Waals surface area contributed by atoms with Crippen LogP contribution in [-0.2, 0) is 4.79 Å². The largest absolute Gasteiger partial charge is 0.494 e. The molecule has 3 N–H and O–H groups in total. The number of hydrogen-bond donors (Lipinski definition) is 3. The second-order valence-electron chi connectivity index (χ2n) is 6.98. The average Bonchev–Trinajstić information content (AvgIpc) is 2.77. The van der Waals surface area contributed by atoms with Crippen molar-refractivity contribution in [3.8, 4) is 5.75 Å². The highest BCUT2D eigenvalue weighted by Crippen LogP contribution is 2.24. The smallest absolute Gasteiger partial charge is 0.247 e. The normalized spacial score (nSPS) is 10.3. The van der Waals surface area contributed by atoms with Gasteiger partial charge in [0, 0.05) is 34.9 Å². The Labute approximate surface area is 182 Å². The Morgan fingerprint density at radius 3 is 2.61 bits per heavy atom. The second-order valence-corrected chi connectivity index (χ2v) is 6.98. The number of unbranched alkanes of at least 4 members (excludes halogenated alkanes) is 1. The van der Waals surface area contributed by atoms with Crippen LogP contribution in [-0.4, -0.2) is 22.5 Å². The molecule has 0 aliphatic rings. The van der Waals surface area contributed by atoms with E-state index >= 15 is 0 Å². The summed E-state index contributed by atoms with van der Waals surface area (Å²) in [6.45, 7) is 8.23. The molecule has 0 saturated heterocycles. The molecule has 31 heavy (non-hydrogen) atoms. The highest BCUT2D eigenvalue weighted by molar-refractivity contribution is 5.99. The van der Waals surface area contributed by atoms with Crippen LogP contribution in [0, 0.1) is 6.92 Å². The van der Waals surface area contributed by atoms with E-state index in [4.69, 9.17) is 4.74 Å². The number of aromatic nitrogens is 2. The van der Waals surface area contributed by atoms with Gasteiger partial charge in [0.25, 0.3) is 0 Å². The summed E-state index contributed by atoms with van der Waals surface area (Å²) in [4.78, 5) is 20.5. The number of ether oxygens (including phenoxy) is 1. The van der Waals surface area contributed by atoms with Gasteiger partial charge in [-0.2, -0.15) is 4.98 Å². The van der Waals surface area contributed by atoms with Crippen LogP contribution in [0.25, 0.3) is 0 Å². The van der Waals surface area contributed by atoms with Crippen molar-refractivity contribution in [2.45, 2.75) is 26.7 Å². The van der Waals surface area contributed by atoms with E-state index in [1.54, 1.807) is 6.20 Å². The van der Waals surface area contributed by atoms with Gasteiger partial charge in [-0.05, 0) is 49.8 Å². The van der Waals surface area contributed by atoms with Gasteiger partial charge in [-0.25, -0.2) is 4.98 Å². The molecule has 0 bridgehead atoms. The zero-order valence-electron chi connectivity index (χ0n) is 17.8. The van der Waals surface area contributed by atoms with Gasteiger partial charge in [0.15, 0.2) is 0 Å². The molecule has 1 amide bonds. The molecule has 7 nitrogen and oxygen atoms in total. The lowest BCUT2D eigenvalue weighted by atomic mass is 10.2. The molecule has 160 valence electrons. The molecule has 0 unspecified atom stereocenters. The first-order valence-corrected chi connectivity index (χ1v) is 10.2. The van der Waals surface area contributed by atoms with Crippen molar-refractivity contribution in [1.82, 2.24) is 9.97 Å². The van der Waals surface area contributed by atoms with Gasteiger partial charge >= 0.3 is 0 Å². The Bertz CT molecular complexity index is 1050. The molecule has 7 heteroatoms. The number of rotatable bonds is 10. The van der Waals surface area contributed by atoms with Gasteiger partial charge < -0.3 is 20.7 Å². The zero-order chi connectivity index (χ0) is 22.1. The van der Waals surface area contributed by atoms with Crippen LogP contribution in [0.15, 0.2) is 67.4 Å². The Morgan fingerprint density at radius 2 is 1.84 bits per heavy atom. The minimum Gasteiger partial charge on any atom is -0.494 e. The van der Waals surface area contributed by atoms with Crippen molar-refractivity contribution in [2.75, 3.05) is 22.6 Å². The van der Waals surface area contributed by atoms with E-state index in [2.05, 4.69) is 39.4 Å². The fourth-order valence-corrected chi connectivity index (χ4v) is 2.76. The molecule has 0 atom stereocenters. The van der Waals surface area contributed by atoms with Gasteiger partial charge in [-0.1, -0.05) is 32.1 Å². The highest BCUT2D eigenvalue weighted by atomic mass is 16.5. The summed E-state index contributed by atoms with van der Waals surface area (Å²) in [5, 5.41) is 9.25. The first-order valence-electron chi connectivity index (χ1n) is 10.2. The van der Waals surface area contributed by atoms with Gasteiger partial charge in [-0.3, -0.25) is 4.79 Å². The summed E-state index contributed by atoms with van der Waals surface area (Å²) in [5.74, 6) is 1.68. The Morgan fingerprint density at radius 1 is 1.10 bits per heavy atom. The number of hydrogen-bond acceptors (Lipinski definition) is 6. The van der Waals surface area contributed by atoms with Crippen LogP contribution >= 0.6 is 0 Å². The molecule has 0 fully saturated rings. The number of aryl methyl sites for hydroxylation is 1. The highest BCUT2D eigenvalue weighted by Gasteiger charge is 2.07. The summed E-state index contributed by atoms with van der Waals surface area (Å²) >= 11 is 0. The molecular formula is C24H27N5O2. The third-order valence-corrected chi connectivity index (χ3v) is 4.41. The molecule has 1 heterocycles. The van der Waals surface area contributed by atoms with Gasteiger partial charge in [-0.15, -0.1) is 0 Å². The molecule has 3 rings (SSSR count). The summed E-state index contributed by atoms with van der Waals surface area (Å²) in [6, 6.07) is 15.1. The average molecular weight is 418 g/mol. The van der Waals surface area contributed by atoms with Gasteiger partial charge in [0.05, 0.1) is 6.61 Å². The minimum atomic E-state index is -0.261. The van der Waals surface area contributed by atoms with Crippen molar-refractivity contribution in [3.05, 3.63) is 72.9 Å². The lowest BCUT2D eigenvalue weighted by molar-refractivity contribution is -0.111. The van der Waals surface area contributed by atoms with E-state index in [1.165, 1.54) is 6.08 Å². The summed E-state index contributed by atoms with van der Waals surface area (Å²) in [5.41, 5.74) is 3.20. The quantitative estimate of drug-likeness (QED) is 0.295. The number of carbonyl (C=O) groups excluding carboxylic acids is 1. The van der Waals surface area contributed by atoms with E-state index in [9.17, 15) is 4.79 Å². The van der Waals surface area contributed by atoms with Gasteiger partial charge in [0.1, 0.15) is 11.6 Å². The molecule has 1 aromatic heterocycles. The van der Waals surface area contributed by atoms with Crippen LogP contribution in [0.4, 0.5) is 28.8 Å². The van der Waals surface area contributed by atoms with Crippen molar-refractivity contribution in [1.29, 1.82) is 0 Å². The van der Waals surface area contributed by atoms with E-state index < -0.39 is 0 Å². The van der Waals surface area contributed by atoms with Crippen molar-refractivity contribution < 1.29 is 9.53 Å². The molecule has 0 radical (unpaired) electrons. The third-order valence-electron chi connectivity index (χ3n) is 4.41. The number of nitrogens with one attached hydrogen (secondary N) is 3. The first kappa shape index (κ1) is 21.8. The van der Waals surface area contributed by atoms with Crippen LogP contribution in [0.5, 0.6) is 5.75 Å². The second kappa shape index (κ2) is 10.8. The fraction of sp³-hybridized carbons (Fsp3) is 0.208. The minimum absolute atomic E-state index is 0.261. The van der Waals surface area contributed by atoms with Crippen LogP contribution in [0.2, 0.25) is 0 Å². The monoisotopic (exact) mass is 417 g/mol. The Balaban J connectivity index is 1.72. The zero-order valence-corrected chi connectivity index (χ0v) is 17.8. The van der Waals surface area contributed by atoms with Crippen molar-refractivity contribution in [2.24, 2.45) is 0 Å². The first-order chi connectivity index (χ1) is 15.1. The predicted molar refractivity (Wildman–Crippen MR) is 125 cm³/mol. The van der Waals surface area contributed by atoms with Crippen molar-refractivity contribution >= 4 is 34.7 Å². The number of benzene rings is 2. The van der Waals surface area contributed by atoms with Crippen LogP contribution in [0.3, 0.4) is 0 Å². The lowest BCUT2D eigenvalue weighted by Gasteiger charge is -2.13. The lowest BCUT2D eigenvalue weighted by Crippen LogP contribution is -2.07. The predicted octanol–water partition coefficient (Wildman–Crippen LogP) is 5.58. The van der Waals surface area contributed by atoms with Crippen LogP contribution < -0.4 is 20.7 Å². The third kappa shape index (κ3) is 6.57. The molecule has 0 spiro atoms. The number of carbonyl (C=O) groups is 1. The fourth-order valence-electron chi connectivity index (χ4n) is 2.76. The maximum Gasteiger partial charge on any atom is 0.247 e. The molecule has 0 aliphatic heterocycles. The maximum absolute atomic E-state index is 11.5. The molecule has 2 aromatic carbocycles. The Hall–Kier alpha value is -3.87. The Kier molecular flexibility index (Phi) is 7.59. The summed E-state index contributed by atoms with van der Waals surface area (Å²) in [6.07, 6.45) is 5.10. The molecular weight excluding hydrogens is 390 g/mol. The number of nitrogens with zero attached hydrogens (tertiary/aromatic N) is 2. The van der Waals surface area contributed by atoms with E-state index in [-0.39, 0.29) is 5.91 Å². The van der Waals surface area contributed by atoms with E-state index in [1.807, 2.05) is 55.5 Å². The number of amides is 1. The van der Waals surface area contributed by atoms with Crippen LogP contribution in [0.1, 0.15) is 25.3 Å². The van der Waals surface area contributed by atoms with Gasteiger partial charge in [0.2, 0.25) is 11.9 Å². The van der Waals surface area contributed by atoms with Crippen molar-refractivity contribution in [3.63, 3.8) is 0 Å². The van der Waals surface area contributed by atoms with E-state index in [0.29, 0.717) is 24.1 Å².